The Balaban J connectivity index is 2.45. The van der Waals surface area contributed by atoms with Gasteiger partial charge >= 0.3 is 0 Å². The first-order chi connectivity index (χ1) is 10.9. The van der Waals surface area contributed by atoms with E-state index in [0.717, 1.165) is 25.7 Å². The van der Waals surface area contributed by atoms with Gasteiger partial charge < -0.3 is 10.1 Å². The molecule has 4 nitrogen and oxygen atoms in total. The van der Waals surface area contributed by atoms with Gasteiger partial charge in [-0.15, -0.1) is 0 Å². The van der Waals surface area contributed by atoms with Crippen molar-refractivity contribution in [2.24, 2.45) is 0 Å². The Labute approximate surface area is 140 Å². The van der Waals surface area contributed by atoms with E-state index in [9.17, 15) is 9.59 Å². The lowest BCUT2D eigenvalue weighted by molar-refractivity contribution is 0.303. The summed E-state index contributed by atoms with van der Waals surface area (Å²) in [6.07, 6.45) is 10.4. The average molecular weight is 323 g/mol. The van der Waals surface area contributed by atoms with Gasteiger partial charge in [-0.2, -0.15) is 0 Å². The lowest BCUT2D eigenvalue weighted by atomic mass is 9.95. The van der Waals surface area contributed by atoms with Gasteiger partial charge in [0.25, 0.3) is 10.9 Å². The predicted octanol–water partition coefficient (Wildman–Crippen LogP) is 4.40. The number of hydrogen-bond acceptors (Lipinski definition) is 4. The molecule has 0 spiro atoms. The molecule has 4 heteroatoms. The van der Waals surface area contributed by atoms with E-state index in [0.29, 0.717) is 12.3 Å². The summed E-state index contributed by atoms with van der Waals surface area (Å²) in [7, 11) is 0. The van der Waals surface area contributed by atoms with Gasteiger partial charge in [0.05, 0.1) is 6.61 Å². The largest absolute Gasteiger partial charge is 0.487 e. The smallest absolute Gasteiger partial charge is 0.272 e. The van der Waals surface area contributed by atoms with Crippen LogP contribution in [-0.2, 0) is 0 Å². The van der Waals surface area contributed by atoms with Crippen molar-refractivity contribution in [2.45, 2.75) is 91.0 Å². The van der Waals surface area contributed by atoms with Crippen molar-refractivity contribution in [1.29, 1.82) is 0 Å². The van der Waals surface area contributed by atoms with Crippen LogP contribution in [0.1, 0.15) is 85.5 Å². The first-order valence-corrected chi connectivity index (χ1v) is 9.17. The van der Waals surface area contributed by atoms with E-state index in [1.165, 1.54) is 32.1 Å². The molecule has 1 aromatic rings. The van der Waals surface area contributed by atoms with Crippen molar-refractivity contribution in [1.82, 2.24) is 0 Å². The Morgan fingerprint density at radius 3 is 2.13 bits per heavy atom. The summed E-state index contributed by atoms with van der Waals surface area (Å²) in [5.41, 5.74) is -0.746. The molecule has 1 N–H and O–H groups in total. The second-order valence-electron chi connectivity index (χ2n) is 7.09. The van der Waals surface area contributed by atoms with Crippen molar-refractivity contribution < 1.29 is 4.74 Å². The number of hydrogen-bond donors (Lipinski definition) is 1. The SMILES string of the molecule is CCCCCCCCC(C)(C)Nc1c(OCCCC)c(=O)c1=O. The normalized spacial score (nSPS) is 11.8. The third-order valence-electron chi connectivity index (χ3n) is 4.23. The molecular weight excluding hydrogens is 290 g/mol. The molecule has 0 radical (unpaired) electrons. The van der Waals surface area contributed by atoms with Crippen LogP contribution in [0.25, 0.3) is 0 Å². The lowest BCUT2D eigenvalue weighted by Crippen LogP contribution is -2.42. The third-order valence-corrected chi connectivity index (χ3v) is 4.23. The molecule has 0 heterocycles. The molecule has 0 aliphatic carbocycles. The van der Waals surface area contributed by atoms with Crippen LogP contribution in [-0.4, -0.2) is 12.1 Å². The Morgan fingerprint density at radius 1 is 0.870 bits per heavy atom. The minimum atomic E-state index is -0.487. The Kier molecular flexibility index (Phi) is 8.35. The minimum Gasteiger partial charge on any atom is -0.487 e. The van der Waals surface area contributed by atoms with Crippen LogP contribution in [0, 0.1) is 0 Å². The molecule has 0 unspecified atom stereocenters. The highest BCUT2D eigenvalue weighted by atomic mass is 16.5. The Bertz CT molecular complexity index is 527. The van der Waals surface area contributed by atoms with E-state index in [1.807, 2.05) is 0 Å². The predicted molar refractivity (Wildman–Crippen MR) is 97.5 cm³/mol. The van der Waals surface area contributed by atoms with E-state index in [-0.39, 0.29) is 11.3 Å². The molecule has 0 bridgehead atoms. The first-order valence-electron chi connectivity index (χ1n) is 9.17. The molecule has 23 heavy (non-hydrogen) atoms. The zero-order valence-corrected chi connectivity index (χ0v) is 15.3. The Hall–Kier alpha value is -1.32. The van der Waals surface area contributed by atoms with Crippen LogP contribution in [0.2, 0.25) is 0 Å². The second kappa shape index (κ2) is 9.74. The van der Waals surface area contributed by atoms with Crippen molar-refractivity contribution in [3.63, 3.8) is 0 Å². The van der Waals surface area contributed by atoms with E-state index in [4.69, 9.17) is 4.74 Å². The molecule has 0 aliphatic heterocycles. The fourth-order valence-corrected chi connectivity index (χ4v) is 2.69. The fraction of sp³-hybridized carbons (Fsp3) is 0.789. The van der Waals surface area contributed by atoms with Gasteiger partial charge in [0, 0.05) is 5.54 Å². The van der Waals surface area contributed by atoms with Gasteiger partial charge in [-0.1, -0.05) is 58.8 Å². The second-order valence-corrected chi connectivity index (χ2v) is 7.09. The van der Waals surface area contributed by atoms with Gasteiger partial charge in [0.15, 0.2) is 5.75 Å². The van der Waals surface area contributed by atoms with Crippen LogP contribution in [0.5, 0.6) is 5.75 Å². The summed E-state index contributed by atoms with van der Waals surface area (Å²) in [6, 6.07) is 0. The van der Waals surface area contributed by atoms with Crippen molar-refractivity contribution in [3.05, 3.63) is 20.4 Å². The van der Waals surface area contributed by atoms with Crippen LogP contribution in [0.15, 0.2) is 9.59 Å². The molecule has 0 saturated carbocycles. The average Bonchev–Trinajstić information content (AvgIpc) is 2.53. The molecule has 0 atom stereocenters. The zero-order chi connectivity index (χ0) is 17.3. The Morgan fingerprint density at radius 2 is 1.48 bits per heavy atom. The maximum absolute atomic E-state index is 11.8. The van der Waals surface area contributed by atoms with Crippen LogP contribution in [0.4, 0.5) is 5.69 Å². The van der Waals surface area contributed by atoms with Crippen LogP contribution >= 0.6 is 0 Å². The molecule has 0 aromatic heterocycles. The van der Waals surface area contributed by atoms with E-state index in [1.54, 1.807) is 0 Å². The molecule has 0 aliphatic rings. The molecular formula is C19H33NO3. The highest BCUT2D eigenvalue weighted by Gasteiger charge is 2.27. The summed E-state index contributed by atoms with van der Waals surface area (Å²) in [6.45, 7) is 8.93. The monoisotopic (exact) mass is 323 g/mol. The van der Waals surface area contributed by atoms with Gasteiger partial charge in [0.2, 0.25) is 0 Å². The van der Waals surface area contributed by atoms with E-state index in [2.05, 4.69) is 33.0 Å². The van der Waals surface area contributed by atoms with E-state index >= 15 is 0 Å². The lowest BCUT2D eigenvalue weighted by Gasteiger charge is -2.29. The van der Waals surface area contributed by atoms with Crippen LogP contribution in [0.3, 0.4) is 0 Å². The third kappa shape index (κ3) is 6.36. The minimum absolute atomic E-state index is 0.199. The summed E-state index contributed by atoms with van der Waals surface area (Å²) in [4.78, 5) is 23.4. The van der Waals surface area contributed by atoms with Gasteiger partial charge in [0.1, 0.15) is 5.69 Å². The summed E-state index contributed by atoms with van der Waals surface area (Å²) >= 11 is 0. The van der Waals surface area contributed by atoms with Crippen molar-refractivity contribution >= 4 is 5.69 Å². The zero-order valence-electron chi connectivity index (χ0n) is 15.3. The number of unbranched alkanes of at least 4 members (excludes halogenated alkanes) is 6. The van der Waals surface area contributed by atoms with Crippen LogP contribution < -0.4 is 20.9 Å². The molecule has 1 aromatic carbocycles. The topological polar surface area (TPSA) is 55.4 Å². The number of ether oxygens (including phenoxy) is 1. The summed E-state index contributed by atoms with van der Waals surface area (Å²) in [5.74, 6) is 0.236. The molecule has 0 amide bonds. The number of nitrogens with one attached hydrogen (secondary N) is 1. The first kappa shape index (κ1) is 19.7. The quantitative estimate of drug-likeness (QED) is 0.432. The molecule has 1 rings (SSSR count). The van der Waals surface area contributed by atoms with E-state index < -0.39 is 10.9 Å². The molecule has 0 saturated heterocycles. The summed E-state index contributed by atoms with van der Waals surface area (Å²) in [5, 5.41) is 3.24. The standard InChI is InChI=1S/C19H33NO3/c1-5-7-9-10-11-12-13-19(3,4)20-15-16(21)17(22)18(15)23-14-8-6-2/h20H,5-14H2,1-4H3. The highest BCUT2D eigenvalue weighted by molar-refractivity contribution is 5.62. The van der Waals surface area contributed by atoms with Gasteiger partial charge in [-0.05, 0) is 26.7 Å². The molecule has 0 fully saturated rings. The van der Waals surface area contributed by atoms with Crippen molar-refractivity contribution in [3.8, 4) is 5.75 Å². The summed E-state index contributed by atoms with van der Waals surface area (Å²) < 4.78 is 5.48. The highest BCUT2D eigenvalue weighted by Crippen LogP contribution is 2.25. The fourth-order valence-electron chi connectivity index (χ4n) is 2.69. The number of rotatable bonds is 13. The maximum atomic E-state index is 11.8. The maximum Gasteiger partial charge on any atom is 0.272 e. The van der Waals surface area contributed by atoms with Crippen molar-refractivity contribution in [2.75, 3.05) is 11.9 Å². The van der Waals surface area contributed by atoms with Gasteiger partial charge in [-0.3, -0.25) is 9.59 Å². The molecule has 132 valence electrons. The van der Waals surface area contributed by atoms with Gasteiger partial charge in [-0.25, -0.2) is 0 Å². The number of anilines is 1.